The van der Waals surface area contributed by atoms with Gasteiger partial charge in [0.2, 0.25) is 0 Å². The van der Waals surface area contributed by atoms with Crippen molar-refractivity contribution in [3.05, 3.63) is 77.6 Å². The van der Waals surface area contributed by atoms with Gasteiger partial charge in [0, 0.05) is 24.2 Å². The van der Waals surface area contributed by atoms with Crippen LogP contribution in [0.3, 0.4) is 0 Å². The summed E-state index contributed by atoms with van der Waals surface area (Å²) in [7, 11) is 0. The lowest BCUT2D eigenvalue weighted by molar-refractivity contribution is 0.102. The van der Waals surface area contributed by atoms with Gasteiger partial charge in [-0.15, -0.1) is 0 Å². The molecule has 2 heterocycles. The number of carbonyl (C=O) groups is 1. The van der Waals surface area contributed by atoms with E-state index in [1.54, 1.807) is 0 Å². The molecule has 5 nitrogen and oxygen atoms in total. The van der Waals surface area contributed by atoms with Gasteiger partial charge in [-0.05, 0) is 86.3 Å². The molecule has 1 aliphatic rings. The van der Waals surface area contributed by atoms with Gasteiger partial charge in [-0.1, -0.05) is 24.6 Å². The zero-order valence-corrected chi connectivity index (χ0v) is 18.9. The lowest BCUT2D eigenvalue weighted by Crippen LogP contribution is -2.22. The average Bonchev–Trinajstić information content (AvgIpc) is 3.10. The number of rotatable bonds is 6. The van der Waals surface area contributed by atoms with E-state index in [4.69, 9.17) is 4.74 Å². The van der Waals surface area contributed by atoms with Crippen LogP contribution in [0.4, 0.5) is 5.69 Å². The SMILES string of the molecule is CCOc1ccc(-c2cc(C(=O)Nc3cccnc3C3CCCCNC3)ccc2C)cc1. The van der Waals surface area contributed by atoms with Crippen molar-refractivity contribution >= 4 is 11.6 Å². The number of nitrogens with zero attached hydrogens (tertiary/aromatic N) is 1. The monoisotopic (exact) mass is 429 g/mol. The maximum atomic E-state index is 13.2. The molecule has 3 aromatic rings. The Morgan fingerprint density at radius 3 is 2.81 bits per heavy atom. The molecular formula is C27H31N3O2. The molecule has 2 N–H and O–H groups in total. The Balaban J connectivity index is 1.56. The number of benzene rings is 2. The molecule has 0 aliphatic carbocycles. The summed E-state index contributed by atoms with van der Waals surface area (Å²) >= 11 is 0. The Kier molecular flexibility index (Phi) is 7.17. The molecular weight excluding hydrogens is 398 g/mol. The normalized spacial score (nSPS) is 16.2. The Morgan fingerprint density at radius 1 is 1.16 bits per heavy atom. The highest BCUT2D eigenvalue weighted by molar-refractivity contribution is 6.05. The fraction of sp³-hybridized carbons (Fsp3) is 0.333. The number of pyridine rings is 1. The first-order valence-electron chi connectivity index (χ1n) is 11.5. The molecule has 166 valence electrons. The van der Waals surface area contributed by atoms with Crippen LogP contribution in [0.15, 0.2) is 60.8 Å². The number of nitrogens with one attached hydrogen (secondary N) is 2. The largest absolute Gasteiger partial charge is 0.494 e. The zero-order chi connectivity index (χ0) is 22.3. The minimum Gasteiger partial charge on any atom is -0.494 e. The summed E-state index contributed by atoms with van der Waals surface area (Å²) in [6, 6.07) is 17.7. The summed E-state index contributed by atoms with van der Waals surface area (Å²) in [6.45, 7) is 6.61. The van der Waals surface area contributed by atoms with E-state index in [2.05, 4.69) is 22.5 Å². The van der Waals surface area contributed by atoms with Crippen molar-refractivity contribution in [2.75, 3.05) is 25.0 Å². The van der Waals surface area contributed by atoms with Gasteiger partial charge in [-0.3, -0.25) is 9.78 Å². The highest BCUT2D eigenvalue weighted by atomic mass is 16.5. The first kappa shape index (κ1) is 22.0. The topological polar surface area (TPSA) is 63.2 Å². The van der Waals surface area contributed by atoms with Crippen molar-refractivity contribution < 1.29 is 9.53 Å². The standard InChI is InChI=1S/C27H31N3O2/c1-3-32-23-13-11-20(12-14-23)24-17-21(10-9-19(24)2)27(31)30-25-8-6-16-29-26(25)22-7-4-5-15-28-18-22/h6,8-14,16-17,22,28H,3-5,7,15,18H2,1-2H3,(H,30,31). The molecule has 1 fully saturated rings. The van der Waals surface area contributed by atoms with E-state index in [0.717, 1.165) is 53.3 Å². The quantitative estimate of drug-likeness (QED) is 0.538. The highest BCUT2D eigenvalue weighted by Gasteiger charge is 2.20. The van der Waals surface area contributed by atoms with Gasteiger partial charge in [0.25, 0.3) is 5.91 Å². The van der Waals surface area contributed by atoms with E-state index in [0.29, 0.717) is 18.1 Å². The van der Waals surface area contributed by atoms with E-state index < -0.39 is 0 Å². The molecule has 4 rings (SSSR count). The van der Waals surface area contributed by atoms with Crippen LogP contribution in [0, 0.1) is 6.92 Å². The Morgan fingerprint density at radius 2 is 2.00 bits per heavy atom. The third kappa shape index (κ3) is 5.17. The van der Waals surface area contributed by atoms with Gasteiger partial charge < -0.3 is 15.4 Å². The van der Waals surface area contributed by atoms with Crippen molar-refractivity contribution in [3.63, 3.8) is 0 Å². The molecule has 1 atom stereocenters. The lowest BCUT2D eigenvalue weighted by atomic mass is 9.96. The van der Waals surface area contributed by atoms with E-state index in [-0.39, 0.29) is 5.91 Å². The smallest absolute Gasteiger partial charge is 0.255 e. The van der Waals surface area contributed by atoms with Crippen LogP contribution in [0.1, 0.15) is 53.7 Å². The molecule has 0 radical (unpaired) electrons. The van der Waals surface area contributed by atoms with Crippen LogP contribution < -0.4 is 15.4 Å². The van der Waals surface area contributed by atoms with Crippen LogP contribution in [-0.4, -0.2) is 30.6 Å². The van der Waals surface area contributed by atoms with Gasteiger partial charge in [0.05, 0.1) is 18.0 Å². The average molecular weight is 430 g/mol. The van der Waals surface area contributed by atoms with Crippen LogP contribution in [0.25, 0.3) is 11.1 Å². The summed E-state index contributed by atoms with van der Waals surface area (Å²) in [5.74, 6) is 1.04. The van der Waals surface area contributed by atoms with Gasteiger partial charge in [-0.25, -0.2) is 0 Å². The third-order valence-electron chi connectivity index (χ3n) is 6.00. The summed E-state index contributed by atoms with van der Waals surface area (Å²) in [4.78, 5) is 17.8. The molecule has 0 spiro atoms. The number of anilines is 1. The number of aryl methyl sites for hydroxylation is 1. The number of hydrogen-bond acceptors (Lipinski definition) is 4. The number of carbonyl (C=O) groups excluding carboxylic acids is 1. The van der Waals surface area contributed by atoms with E-state index in [1.807, 2.05) is 67.7 Å². The summed E-state index contributed by atoms with van der Waals surface area (Å²) in [5, 5.41) is 6.61. The predicted octanol–water partition coefficient (Wildman–Crippen LogP) is 5.57. The van der Waals surface area contributed by atoms with Crippen molar-refractivity contribution in [1.82, 2.24) is 10.3 Å². The number of ether oxygens (including phenoxy) is 1. The number of amides is 1. The van der Waals surface area contributed by atoms with Crippen molar-refractivity contribution in [2.24, 2.45) is 0 Å². The molecule has 0 saturated carbocycles. The summed E-state index contributed by atoms with van der Waals surface area (Å²) < 4.78 is 5.55. The molecule has 1 unspecified atom stereocenters. The molecule has 2 aromatic carbocycles. The maximum absolute atomic E-state index is 13.2. The summed E-state index contributed by atoms with van der Waals surface area (Å²) in [5.41, 5.74) is 5.63. The Bertz CT molecular complexity index is 1050. The molecule has 0 bridgehead atoms. The van der Waals surface area contributed by atoms with Crippen molar-refractivity contribution in [1.29, 1.82) is 0 Å². The maximum Gasteiger partial charge on any atom is 0.255 e. The number of hydrogen-bond donors (Lipinski definition) is 2. The second kappa shape index (κ2) is 10.4. The molecule has 5 heteroatoms. The molecule has 1 amide bonds. The Hall–Kier alpha value is -3.18. The first-order valence-corrected chi connectivity index (χ1v) is 11.5. The Labute approximate surface area is 190 Å². The van der Waals surface area contributed by atoms with E-state index in [9.17, 15) is 4.79 Å². The van der Waals surface area contributed by atoms with Gasteiger partial charge in [0.15, 0.2) is 0 Å². The third-order valence-corrected chi connectivity index (χ3v) is 6.00. The van der Waals surface area contributed by atoms with Crippen LogP contribution in [-0.2, 0) is 0 Å². The fourth-order valence-corrected chi connectivity index (χ4v) is 4.27. The second-order valence-electron chi connectivity index (χ2n) is 8.27. The molecule has 1 aromatic heterocycles. The van der Waals surface area contributed by atoms with Crippen LogP contribution in [0.2, 0.25) is 0 Å². The fourth-order valence-electron chi connectivity index (χ4n) is 4.27. The van der Waals surface area contributed by atoms with Crippen LogP contribution in [0.5, 0.6) is 5.75 Å². The van der Waals surface area contributed by atoms with Gasteiger partial charge >= 0.3 is 0 Å². The van der Waals surface area contributed by atoms with Gasteiger partial charge in [0.1, 0.15) is 5.75 Å². The second-order valence-corrected chi connectivity index (χ2v) is 8.27. The highest BCUT2D eigenvalue weighted by Crippen LogP contribution is 2.29. The van der Waals surface area contributed by atoms with Crippen molar-refractivity contribution in [2.45, 2.75) is 39.0 Å². The van der Waals surface area contributed by atoms with Crippen LogP contribution >= 0.6 is 0 Å². The minimum absolute atomic E-state index is 0.118. The predicted molar refractivity (Wildman–Crippen MR) is 129 cm³/mol. The molecule has 1 aliphatic heterocycles. The first-order chi connectivity index (χ1) is 15.7. The lowest BCUT2D eigenvalue weighted by Gasteiger charge is -2.18. The van der Waals surface area contributed by atoms with Gasteiger partial charge in [-0.2, -0.15) is 0 Å². The van der Waals surface area contributed by atoms with E-state index >= 15 is 0 Å². The number of aromatic nitrogens is 1. The minimum atomic E-state index is -0.118. The summed E-state index contributed by atoms with van der Waals surface area (Å²) in [6.07, 6.45) is 5.25. The molecule has 32 heavy (non-hydrogen) atoms. The molecule has 1 saturated heterocycles. The zero-order valence-electron chi connectivity index (χ0n) is 18.9. The van der Waals surface area contributed by atoms with E-state index in [1.165, 1.54) is 12.8 Å². The van der Waals surface area contributed by atoms with Crippen molar-refractivity contribution in [3.8, 4) is 16.9 Å².